The monoisotopic (exact) mass is 392 g/mol. The topological polar surface area (TPSA) is 102 Å². The Balaban J connectivity index is 1.87. The van der Waals surface area contributed by atoms with Crippen LogP contribution in [0.5, 0.6) is 11.5 Å². The predicted octanol–water partition coefficient (Wildman–Crippen LogP) is 3.74. The van der Waals surface area contributed by atoms with Crippen LogP contribution >= 0.6 is 0 Å². The van der Waals surface area contributed by atoms with Gasteiger partial charge in [-0.05, 0) is 85.3 Å². The Morgan fingerprint density at radius 3 is 1.62 bits per heavy atom. The molecule has 2 unspecified atom stereocenters. The van der Waals surface area contributed by atoms with Gasteiger partial charge >= 0.3 is 0 Å². The lowest BCUT2D eigenvalue weighted by molar-refractivity contribution is -0.174. The molecule has 2 aromatic carbocycles. The molecule has 0 fully saturated rings. The molecule has 0 saturated carbocycles. The molecule has 0 radical (unpaired) electrons. The summed E-state index contributed by atoms with van der Waals surface area (Å²) in [7, 11) is 0. The van der Waals surface area contributed by atoms with Crippen LogP contribution in [0.1, 0.15) is 47.9 Å². The molecule has 5 nitrogen and oxygen atoms in total. The van der Waals surface area contributed by atoms with E-state index in [9.17, 15) is 10.2 Å². The Morgan fingerprint density at radius 1 is 0.759 bits per heavy atom. The Hall–Kier alpha value is -2.60. The summed E-state index contributed by atoms with van der Waals surface area (Å²) in [6.07, 6.45) is 10.9. The van der Waals surface area contributed by atoms with Gasteiger partial charge in [-0.2, -0.15) is 0 Å². The van der Waals surface area contributed by atoms with Crippen molar-refractivity contribution in [1.29, 1.82) is 0 Å². The van der Waals surface area contributed by atoms with Gasteiger partial charge in [0.15, 0.2) is 0 Å². The molecule has 152 valence electrons. The van der Waals surface area contributed by atoms with Crippen LogP contribution in [0.2, 0.25) is 0 Å². The zero-order valence-electron chi connectivity index (χ0n) is 16.5. The number of rotatable bonds is 6. The molecule has 5 heteroatoms. The smallest absolute Gasteiger partial charge is 0.116 e. The van der Waals surface area contributed by atoms with E-state index in [2.05, 4.69) is 24.3 Å². The van der Waals surface area contributed by atoms with Crippen molar-refractivity contribution in [2.75, 3.05) is 13.1 Å². The highest BCUT2D eigenvalue weighted by Crippen LogP contribution is 2.50. The van der Waals surface area contributed by atoms with Crippen molar-refractivity contribution < 1.29 is 14.9 Å². The van der Waals surface area contributed by atoms with E-state index in [1.54, 1.807) is 24.3 Å². The van der Waals surface area contributed by atoms with Crippen LogP contribution in [-0.4, -0.2) is 23.3 Å². The van der Waals surface area contributed by atoms with Crippen molar-refractivity contribution in [3.63, 3.8) is 0 Å². The van der Waals surface area contributed by atoms with Gasteiger partial charge in [-0.3, -0.25) is 0 Å². The number of aromatic hydroxyl groups is 2. The average Bonchev–Trinajstić information content (AvgIpc) is 2.70. The van der Waals surface area contributed by atoms with E-state index in [1.807, 2.05) is 12.1 Å². The zero-order chi connectivity index (χ0) is 20.5. The number of fused-ring (bicyclic) bond motifs is 2. The third-order valence-electron chi connectivity index (χ3n) is 6.03. The normalized spacial score (nSPS) is 24.9. The first-order chi connectivity index (χ1) is 14.0. The second-order valence-electron chi connectivity index (χ2n) is 7.92. The summed E-state index contributed by atoms with van der Waals surface area (Å²) in [6.45, 7) is 0.898. The van der Waals surface area contributed by atoms with Crippen molar-refractivity contribution >= 4 is 12.2 Å². The summed E-state index contributed by atoms with van der Waals surface area (Å²) >= 11 is 0. The van der Waals surface area contributed by atoms with Gasteiger partial charge in [0.05, 0.1) is 11.2 Å². The zero-order valence-corrected chi connectivity index (χ0v) is 16.5. The second-order valence-corrected chi connectivity index (χ2v) is 7.92. The highest BCUT2D eigenvalue weighted by atomic mass is 16.5. The maximum Gasteiger partial charge on any atom is 0.116 e. The lowest BCUT2D eigenvalue weighted by Gasteiger charge is -2.47. The Labute approximate surface area is 171 Å². The molecule has 0 spiro atoms. The maximum absolute atomic E-state index is 10.2. The van der Waals surface area contributed by atoms with Crippen molar-refractivity contribution in [3.8, 4) is 11.5 Å². The molecule has 29 heavy (non-hydrogen) atoms. The lowest BCUT2D eigenvalue weighted by Crippen LogP contribution is -2.45. The van der Waals surface area contributed by atoms with E-state index >= 15 is 0 Å². The van der Waals surface area contributed by atoms with Gasteiger partial charge < -0.3 is 26.4 Å². The van der Waals surface area contributed by atoms with Gasteiger partial charge in [-0.1, -0.05) is 36.4 Å². The third-order valence-corrected chi connectivity index (χ3v) is 6.03. The number of hydrogen-bond donors (Lipinski definition) is 4. The lowest BCUT2D eigenvalue weighted by atomic mass is 9.76. The van der Waals surface area contributed by atoms with Gasteiger partial charge in [0.2, 0.25) is 0 Å². The molecule has 0 aromatic heterocycles. The molecule has 6 N–H and O–H groups in total. The summed E-state index contributed by atoms with van der Waals surface area (Å²) in [4.78, 5) is 0. The van der Waals surface area contributed by atoms with E-state index in [1.165, 1.54) is 0 Å². The van der Waals surface area contributed by atoms with Crippen LogP contribution in [0, 0.1) is 0 Å². The van der Waals surface area contributed by atoms with Gasteiger partial charge in [-0.15, -0.1) is 0 Å². The SMILES string of the molecule is NCCC1(OC2(CCN)CC=Cc3ccc(O)cc32)CC=Cc2ccc(O)cc21. The van der Waals surface area contributed by atoms with Crippen LogP contribution < -0.4 is 11.5 Å². The number of benzene rings is 2. The summed E-state index contributed by atoms with van der Waals surface area (Å²) < 4.78 is 7.07. The summed E-state index contributed by atoms with van der Waals surface area (Å²) in [5.74, 6) is 0.414. The fourth-order valence-electron chi connectivity index (χ4n) is 4.75. The van der Waals surface area contributed by atoms with E-state index in [4.69, 9.17) is 16.2 Å². The number of phenolic OH excluding ortho intramolecular Hbond substituents is 2. The molecule has 0 saturated heterocycles. The molecule has 0 bridgehead atoms. The van der Waals surface area contributed by atoms with Crippen LogP contribution in [0.4, 0.5) is 0 Å². The fraction of sp³-hybridized carbons (Fsp3) is 0.333. The number of nitrogens with two attached hydrogens (primary N) is 2. The van der Waals surface area contributed by atoms with Crippen LogP contribution in [0.15, 0.2) is 48.6 Å². The first-order valence-electron chi connectivity index (χ1n) is 10.1. The predicted molar refractivity (Wildman–Crippen MR) is 115 cm³/mol. The fourth-order valence-corrected chi connectivity index (χ4v) is 4.75. The van der Waals surface area contributed by atoms with E-state index < -0.39 is 11.2 Å². The van der Waals surface area contributed by atoms with E-state index in [-0.39, 0.29) is 11.5 Å². The summed E-state index contributed by atoms with van der Waals surface area (Å²) in [6, 6.07) is 10.8. The summed E-state index contributed by atoms with van der Waals surface area (Å²) in [5.41, 5.74) is 14.6. The standard InChI is InChI=1S/C24H28N2O3/c25-13-11-23(9-1-3-17-5-7-19(27)15-21(17)23)29-24(12-14-26)10-2-4-18-6-8-20(28)16-22(18)24/h1-8,15-16,27-28H,9-14,25-26H2. The van der Waals surface area contributed by atoms with Crippen molar-refractivity contribution in [3.05, 3.63) is 70.8 Å². The van der Waals surface area contributed by atoms with Crippen molar-refractivity contribution in [2.45, 2.75) is 36.9 Å². The minimum absolute atomic E-state index is 0.207. The highest BCUT2D eigenvalue weighted by molar-refractivity contribution is 5.62. The van der Waals surface area contributed by atoms with Gasteiger partial charge in [0.25, 0.3) is 0 Å². The van der Waals surface area contributed by atoms with Crippen molar-refractivity contribution in [1.82, 2.24) is 0 Å². The molecule has 2 aromatic rings. The van der Waals surface area contributed by atoms with E-state index in [0.717, 1.165) is 22.3 Å². The first kappa shape index (κ1) is 19.7. The molecule has 2 atom stereocenters. The van der Waals surface area contributed by atoms with E-state index in [0.29, 0.717) is 38.8 Å². The molecule has 2 aliphatic rings. The number of ether oxygens (including phenoxy) is 1. The molecule has 2 aliphatic carbocycles. The quantitative estimate of drug-likeness (QED) is 0.600. The maximum atomic E-state index is 10.2. The molecular weight excluding hydrogens is 364 g/mol. The van der Waals surface area contributed by atoms with Crippen LogP contribution in [-0.2, 0) is 15.9 Å². The van der Waals surface area contributed by atoms with Crippen molar-refractivity contribution in [2.24, 2.45) is 11.5 Å². The Bertz CT molecular complexity index is 891. The second kappa shape index (κ2) is 7.67. The van der Waals surface area contributed by atoms with Crippen LogP contribution in [0.3, 0.4) is 0 Å². The molecule has 0 amide bonds. The number of phenols is 2. The molecule has 0 aliphatic heterocycles. The first-order valence-corrected chi connectivity index (χ1v) is 10.1. The average molecular weight is 392 g/mol. The highest BCUT2D eigenvalue weighted by Gasteiger charge is 2.46. The minimum atomic E-state index is -0.680. The molecular formula is C24H28N2O3. The summed E-state index contributed by atoms with van der Waals surface area (Å²) in [5, 5.41) is 20.4. The Kier molecular flexibility index (Phi) is 5.21. The largest absolute Gasteiger partial charge is 0.508 e. The molecule has 0 heterocycles. The van der Waals surface area contributed by atoms with Gasteiger partial charge in [-0.25, -0.2) is 0 Å². The van der Waals surface area contributed by atoms with Gasteiger partial charge in [0, 0.05) is 0 Å². The third kappa shape index (κ3) is 3.46. The molecule has 4 rings (SSSR count). The Morgan fingerprint density at radius 2 is 1.21 bits per heavy atom. The van der Waals surface area contributed by atoms with Gasteiger partial charge in [0.1, 0.15) is 11.5 Å². The number of hydrogen-bond acceptors (Lipinski definition) is 5. The minimum Gasteiger partial charge on any atom is -0.508 e. The van der Waals surface area contributed by atoms with Crippen LogP contribution in [0.25, 0.3) is 12.2 Å².